The van der Waals surface area contributed by atoms with Gasteiger partial charge in [-0.2, -0.15) is 4.39 Å². The maximum absolute atomic E-state index is 13.7. The Labute approximate surface area is 95.8 Å². The van der Waals surface area contributed by atoms with Crippen LogP contribution in [0.2, 0.25) is 0 Å². The van der Waals surface area contributed by atoms with Gasteiger partial charge in [-0.25, -0.2) is 4.98 Å². The standard InChI is InChI=1S/C13H18FNO/c1-9-3-5-10(6-4-9)12-11(16-2)7-8-15-13(12)14/h7-10H,3-6H2,1-2H3. The molecule has 0 amide bonds. The first-order valence-electron chi connectivity index (χ1n) is 5.90. The van der Waals surface area contributed by atoms with Crippen molar-refractivity contribution in [1.29, 1.82) is 0 Å². The Morgan fingerprint density at radius 1 is 1.31 bits per heavy atom. The minimum atomic E-state index is -0.362. The van der Waals surface area contributed by atoms with Crippen LogP contribution in [0.15, 0.2) is 12.3 Å². The summed E-state index contributed by atoms with van der Waals surface area (Å²) < 4.78 is 19.0. The van der Waals surface area contributed by atoms with Crippen molar-refractivity contribution in [3.05, 3.63) is 23.8 Å². The Morgan fingerprint density at radius 2 is 2.00 bits per heavy atom. The third kappa shape index (κ3) is 2.18. The number of aromatic nitrogens is 1. The summed E-state index contributed by atoms with van der Waals surface area (Å²) >= 11 is 0. The van der Waals surface area contributed by atoms with Crippen molar-refractivity contribution in [2.24, 2.45) is 5.92 Å². The van der Waals surface area contributed by atoms with E-state index >= 15 is 0 Å². The van der Waals surface area contributed by atoms with Gasteiger partial charge in [0.05, 0.1) is 12.7 Å². The van der Waals surface area contributed by atoms with Crippen molar-refractivity contribution >= 4 is 0 Å². The second-order valence-electron chi connectivity index (χ2n) is 4.67. The summed E-state index contributed by atoms with van der Waals surface area (Å²) in [6.45, 7) is 2.26. The number of ether oxygens (including phenoxy) is 1. The molecule has 3 heteroatoms. The molecule has 1 saturated carbocycles. The number of methoxy groups -OCH3 is 1. The van der Waals surface area contributed by atoms with Gasteiger partial charge in [0.15, 0.2) is 0 Å². The van der Waals surface area contributed by atoms with Crippen LogP contribution < -0.4 is 4.74 Å². The van der Waals surface area contributed by atoms with Crippen LogP contribution in [0.25, 0.3) is 0 Å². The second-order valence-corrected chi connectivity index (χ2v) is 4.67. The van der Waals surface area contributed by atoms with Crippen molar-refractivity contribution < 1.29 is 9.13 Å². The lowest BCUT2D eigenvalue weighted by Gasteiger charge is -2.27. The van der Waals surface area contributed by atoms with Gasteiger partial charge in [0.2, 0.25) is 5.95 Å². The number of hydrogen-bond donors (Lipinski definition) is 0. The highest BCUT2D eigenvalue weighted by molar-refractivity contribution is 5.34. The van der Waals surface area contributed by atoms with Gasteiger partial charge in [-0.3, -0.25) is 0 Å². The predicted molar refractivity (Wildman–Crippen MR) is 61.1 cm³/mol. The molecule has 2 nitrogen and oxygen atoms in total. The summed E-state index contributed by atoms with van der Waals surface area (Å²) in [7, 11) is 1.59. The number of nitrogens with zero attached hydrogens (tertiary/aromatic N) is 1. The lowest BCUT2D eigenvalue weighted by molar-refractivity contribution is 0.326. The van der Waals surface area contributed by atoms with Gasteiger partial charge in [-0.05, 0) is 30.7 Å². The van der Waals surface area contributed by atoms with Crippen LogP contribution in [-0.4, -0.2) is 12.1 Å². The predicted octanol–water partition coefficient (Wildman–Crippen LogP) is 3.52. The van der Waals surface area contributed by atoms with Crippen LogP contribution in [0.3, 0.4) is 0 Å². The van der Waals surface area contributed by atoms with E-state index in [1.165, 1.54) is 19.0 Å². The van der Waals surface area contributed by atoms with Crippen LogP contribution in [0.5, 0.6) is 5.75 Å². The molecule has 16 heavy (non-hydrogen) atoms. The second kappa shape index (κ2) is 4.81. The molecule has 1 aromatic rings. The number of rotatable bonds is 2. The normalized spacial score (nSPS) is 25.4. The molecule has 0 N–H and O–H groups in total. The van der Waals surface area contributed by atoms with Gasteiger partial charge >= 0.3 is 0 Å². The van der Waals surface area contributed by atoms with E-state index in [0.29, 0.717) is 11.3 Å². The zero-order valence-electron chi connectivity index (χ0n) is 9.87. The molecule has 2 rings (SSSR count). The molecule has 88 valence electrons. The minimum Gasteiger partial charge on any atom is -0.496 e. The molecule has 1 aliphatic rings. The smallest absolute Gasteiger partial charge is 0.220 e. The Hall–Kier alpha value is -1.12. The van der Waals surface area contributed by atoms with Crippen LogP contribution in [0.4, 0.5) is 4.39 Å². The van der Waals surface area contributed by atoms with Crippen LogP contribution in [-0.2, 0) is 0 Å². The lowest BCUT2D eigenvalue weighted by Crippen LogP contribution is -2.13. The maximum Gasteiger partial charge on any atom is 0.220 e. The number of halogens is 1. The Morgan fingerprint density at radius 3 is 2.62 bits per heavy atom. The summed E-state index contributed by atoms with van der Waals surface area (Å²) in [6.07, 6.45) is 5.88. The number of hydrogen-bond acceptors (Lipinski definition) is 2. The van der Waals surface area contributed by atoms with Crippen molar-refractivity contribution in [3.8, 4) is 5.75 Å². The van der Waals surface area contributed by atoms with Crippen LogP contribution in [0, 0.1) is 11.9 Å². The van der Waals surface area contributed by atoms with Gasteiger partial charge in [-0.1, -0.05) is 19.8 Å². The molecule has 1 aromatic heterocycles. The molecule has 0 radical (unpaired) electrons. The van der Waals surface area contributed by atoms with Gasteiger partial charge in [-0.15, -0.1) is 0 Å². The maximum atomic E-state index is 13.7. The van der Waals surface area contributed by atoms with E-state index in [-0.39, 0.29) is 11.9 Å². The zero-order valence-corrected chi connectivity index (χ0v) is 9.87. The van der Waals surface area contributed by atoms with E-state index in [0.717, 1.165) is 18.8 Å². The third-order valence-electron chi connectivity index (χ3n) is 3.55. The summed E-state index contributed by atoms with van der Waals surface area (Å²) in [6, 6.07) is 1.75. The van der Waals surface area contributed by atoms with Gasteiger partial charge < -0.3 is 4.74 Å². The quantitative estimate of drug-likeness (QED) is 0.716. The average Bonchev–Trinajstić information content (AvgIpc) is 2.30. The first-order chi connectivity index (χ1) is 7.72. The molecule has 1 aliphatic carbocycles. The van der Waals surface area contributed by atoms with E-state index in [1.807, 2.05) is 0 Å². The van der Waals surface area contributed by atoms with Crippen molar-refractivity contribution in [2.45, 2.75) is 38.5 Å². The summed E-state index contributed by atoms with van der Waals surface area (Å²) in [5, 5.41) is 0. The molecule has 0 spiro atoms. The molecule has 1 fully saturated rings. The molecular weight excluding hydrogens is 205 g/mol. The fourth-order valence-electron chi connectivity index (χ4n) is 2.53. The summed E-state index contributed by atoms with van der Waals surface area (Å²) in [5.74, 6) is 1.33. The summed E-state index contributed by atoms with van der Waals surface area (Å²) in [5.41, 5.74) is 0.678. The van der Waals surface area contributed by atoms with Crippen molar-refractivity contribution in [1.82, 2.24) is 4.98 Å². The monoisotopic (exact) mass is 223 g/mol. The SMILES string of the molecule is COc1ccnc(F)c1C1CCC(C)CC1. The Balaban J connectivity index is 2.25. The highest BCUT2D eigenvalue weighted by atomic mass is 19.1. The van der Waals surface area contributed by atoms with Crippen molar-refractivity contribution in [3.63, 3.8) is 0 Å². The van der Waals surface area contributed by atoms with Crippen molar-refractivity contribution in [2.75, 3.05) is 7.11 Å². The van der Waals surface area contributed by atoms with E-state index in [4.69, 9.17) is 4.74 Å². The highest BCUT2D eigenvalue weighted by Gasteiger charge is 2.25. The van der Waals surface area contributed by atoms with E-state index < -0.39 is 0 Å². The Kier molecular flexibility index (Phi) is 3.42. The lowest BCUT2D eigenvalue weighted by atomic mass is 9.79. The molecule has 0 aliphatic heterocycles. The van der Waals surface area contributed by atoms with Gasteiger partial charge in [0.1, 0.15) is 5.75 Å². The highest BCUT2D eigenvalue weighted by Crippen LogP contribution is 2.39. The van der Waals surface area contributed by atoms with E-state index in [9.17, 15) is 4.39 Å². The minimum absolute atomic E-state index is 0.278. The molecule has 1 heterocycles. The fourth-order valence-corrected chi connectivity index (χ4v) is 2.53. The van der Waals surface area contributed by atoms with Crippen LogP contribution in [0.1, 0.15) is 44.1 Å². The van der Waals surface area contributed by atoms with E-state index in [2.05, 4.69) is 11.9 Å². The molecule has 0 bridgehead atoms. The average molecular weight is 223 g/mol. The molecule has 0 aromatic carbocycles. The van der Waals surface area contributed by atoms with E-state index in [1.54, 1.807) is 13.2 Å². The summed E-state index contributed by atoms with van der Waals surface area (Å²) in [4.78, 5) is 3.74. The Bertz CT molecular complexity index is 359. The molecule has 0 unspecified atom stereocenters. The van der Waals surface area contributed by atoms with Gasteiger partial charge in [0.25, 0.3) is 0 Å². The fraction of sp³-hybridized carbons (Fsp3) is 0.615. The molecule has 0 atom stereocenters. The largest absolute Gasteiger partial charge is 0.496 e. The zero-order chi connectivity index (χ0) is 11.5. The molecular formula is C13H18FNO. The van der Waals surface area contributed by atoms with Gasteiger partial charge in [0, 0.05) is 6.20 Å². The number of pyridine rings is 1. The molecule has 0 saturated heterocycles. The topological polar surface area (TPSA) is 22.1 Å². The first kappa shape index (κ1) is 11.4. The first-order valence-corrected chi connectivity index (χ1v) is 5.90. The third-order valence-corrected chi connectivity index (χ3v) is 3.55. The van der Waals surface area contributed by atoms with Crippen LogP contribution >= 0.6 is 0 Å².